The molecule has 5 heteroatoms. The normalized spacial score (nSPS) is 16.0. The van der Waals surface area contributed by atoms with Crippen molar-refractivity contribution in [2.24, 2.45) is 5.92 Å². The maximum absolute atomic E-state index is 6.32. The van der Waals surface area contributed by atoms with Crippen LogP contribution in [0, 0.1) is 5.92 Å². The molecule has 0 aromatic heterocycles. The van der Waals surface area contributed by atoms with Crippen LogP contribution >= 0.6 is 11.6 Å². The fraction of sp³-hybridized carbons (Fsp3) is 0.625. The van der Waals surface area contributed by atoms with Crippen molar-refractivity contribution in [2.45, 2.75) is 26.3 Å². The van der Waals surface area contributed by atoms with Gasteiger partial charge in [0.2, 0.25) is 0 Å². The molecule has 1 fully saturated rings. The molecule has 0 atom stereocenters. The number of hydrogen-bond donors (Lipinski definition) is 2. The summed E-state index contributed by atoms with van der Waals surface area (Å²) in [5.41, 5.74) is 1.05. The van der Waals surface area contributed by atoms with Crippen LogP contribution in [0.2, 0.25) is 5.02 Å². The van der Waals surface area contributed by atoms with E-state index in [0.29, 0.717) is 17.4 Å². The van der Waals surface area contributed by atoms with Gasteiger partial charge in [-0.15, -0.1) is 0 Å². The van der Waals surface area contributed by atoms with Crippen LogP contribution < -0.4 is 20.1 Å². The highest BCUT2D eigenvalue weighted by molar-refractivity contribution is 6.31. The molecule has 118 valence electrons. The molecule has 1 aromatic rings. The van der Waals surface area contributed by atoms with Gasteiger partial charge in [0.15, 0.2) is 11.5 Å². The van der Waals surface area contributed by atoms with Crippen LogP contribution in [0.3, 0.4) is 0 Å². The van der Waals surface area contributed by atoms with Crippen molar-refractivity contribution in [1.29, 1.82) is 0 Å². The zero-order chi connectivity index (χ0) is 15.1. The van der Waals surface area contributed by atoms with E-state index in [0.717, 1.165) is 43.4 Å². The van der Waals surface area contributed by atoms with Gasteiger partial charge >= 0.3 is 0 Å². The number of nitrogens with one attached hydrogen (secondary N) is 2. The Bertz CT molecular complexity index is 448. The molecule has 0 unspecified atom stereocenters. The van der Waals surface area contributed by atoms with Crippen LogP contribution in [0.4, 0.5) is 0 Å². The number of methoxy groups -OCH3 is 1. The van der Waals surface area contributed by atoms with Gasteiger partial charge in [0.05, 0.1) is 13.7 Å². The first-order valence-corrected chi connectivity index (χ1v) is 8.03. The van der Waals surface area contributed by atoms with Gasteiger partial charge in [0.25, 0.3) is 0 Å². The lowest BCUT2D eigenvalue weighted by Gasteiger charge is -2.23. The van der Waals surface area contributed by atoms with E-state index < -0.39 is 0 Å². The Morgan fingerprint density at radius 3 is 2.71 bits per heavy atom. The molecule has 0 aliphatic carbocycles. The van der Waals surface area contributed by atoms with Crippen LogP contribution in [-0.4, -0.2) is 33.4 Å². The molecule has 1 aliphatic rings. The van der Waals surface area contributed by atoms with Gasteiger partial charge in [0.1, 0.15) is 0 Å². The van der Waals surface area contributed by atoms with E-state index in [2.05, 4.69) is 10.6 Å². The Labute approximate surface area is 132 Å². The van der Waals surface area contributed by atoms with E-state index in [9.17, 15) is 0 Å². The van der Waals surface area contributed by atoms with Gasteiger partial charge in [-0.2, -0.15) is 0 Å². The van der Waals surface area contributed by atoms with Crippen molar-refractivity contribution in [3.05, 3.63) is 22.7 Å². The first-order valence-electron chi connectivity index (χ1n) is 7.65. The smallest absolute Gasteiger partial charge is 0.162 e. The molecule has 0 spiro atoms. The van der Waals surface area contributed by atoms with Gasteiger partial charge in [-0.3, -0.25) is 0 Å². The predicted molar refractivity (Wildman–Crippen MR) is 86.5 cm³/mol. The van der Waals surface area contributed by atoms with Crippen LogP contribution in [0.25, 0.3) is 0 Å². The number of halogens is 1. The summed E-state index contributed by atoms with van der Waals surface area (Å²) < 4.78 is 10.9. The van der Waals surface area contributed by atoms with Crippen LogP contribution in [0.15, 0.2) is 12.1 Å². The van der Waals surface area contributed by atoms with E-state index in [1.54, 1.807) is 7.11 Å². The van der Waals surface area contributed by atoms with Crippen molar-refractivity contribution in [3.8, 4) is 11.5 Å². The van der Waals surface area contributed by atoms with Gasteiger partial charge < -0.3 is 20.1 Å². The number of rotatable bonds is 7. The monoisotopic (exact) mass is 312 g/mol. The Hall–Kier alpha value is -0.970. The first kappa shape index (κ1) is 16.4. The second kappa shape index (κ2) is 8.47. The van der Waals surface area contributed by atoms with E-state index in [-0.39, 0.29) is 0 Å². The van der Waals surface area contributed by atoms with Gasteiger partial charge in [0, 0.05) is 17.6 Å². The summed E-state index contributed by atoms with van der Waals surface area (Å²) in [6.45, 7) is 6.62. The summed E-state index contributed by atoms with van der Waals surface area (Å²) in [4.78, 5) is 0. The minimum absolute atomic E-state index is 0.611. The summed E-state index contributed by atoms with van der Waals surface area (Å²) in [5.74, 6) is 2.20. The average molecular weight is 313 g/mol. The van der Waals surface area contributed by atoms with Crippen molar-refractivity contribution < 1.29 is 9.47 Å². The van der Waals surface area contributed by atoms with Gasteiger partial charge in [-0.05, 0) is 56.9 Å². The molecule has 1 aliphatic heterocycles. The fourth-order valence-corrected chi connectivity index (χ4v) is 2.86. The molecule has 1 heterocycles. The van der Waals surface area contributed by atoms with E-state index in [1.165, 1.54) is 12.8 Å². The number of ether oxygens (including phenoxy) is 2. The van der Waals surface area contributed by atoms with E-state index in [4.69, 9.17) is 21.1 Å². The molecule has 21 heavy (non-hydrogen) atoms. The lowest BCUT2D eigenvalue weighted by molar-refractivity contribution is 0.310. The van der Waals surface area contributed by atoms with E-state index >= 15 is 0 Å². The first-order chi connectivity index (χ1) is 10.2. The summed E-state index contributed by atoms with van der Waals surface area (Å²) in [6, 6.07) is 3.80. The van der Waals surface area contributed by atoms with E-state index in [1.807, 2.05) is 19.1 Å². The zero-order valence-corrected chi connectivity index (χ0v) is 13.6. The fourth-order valence-electron chi connectivity index (χ4n) is 2.64. The van der Waals surface area contributed by atoms with Crippen LogP contribution in [-0.2, 0) is 6.54 Å². The Morgan fingerprint density at radius 1 is 1.29 bits per heavy atom. The number of benzene rings is 1. The highest BCUT2D eigenvalue weighted by Crippen LogP contribution is 2.33. The number of piperidine rings is 1. The van der Waals surface area contributed by atoms with Crippen LogP contribution in [0.5, 0.6) is 11.5 Å². The quantitative estimate of drug-likeness (QED) is 0.812. The molecule has 0 amide bonds. The minimum Gasteiger partial charge on any atom is -0.493 e. The molecule has 2 rings (SSSR count). The molecule has 0 saturated carbocycles. The lowest BCUT2D eigenvalue weighted by Crippen LogP contribution is -2.33. The zero-order valence-electron chi connectivity index (χ0n) is 12.9. The second-order valence-corrected chi connectivity index (χ2v) is 5.76. The summed E-state index contributed by atoms with van der Waals surface area (Å²) in [7, 11) is 1.63. The molecule has 0 radical (unpaired) electrons. The third-order valence-corrected chi connectivity index (χ3v) is 4.19. The maximum atomic E-state index is 6.32. The standard InChI is InChI=1S/C16H25ClN2O2/c1-3-21-16-8-13(14(17)9-15(16)20-2)11-19-10-12-4-6-18-7-5-12/h8-9,12,18-19H,3-7,10-11H2,1-2H3. The minimum atomic E-state index is 0.611. The van der Waals surface area contributed by atoms with Crippen molar-refractivity contribution in [2.75, 3.05) is 33.4 Å². The maximum Gasteiger partial charge on any atom is 0.162 e. The molecular weight excluding hydrogens is 288 g/mol. The summed E-state index contributed by atoms with van der Waals surface area (Å²) in [6.07, 6.45) is 2.49. The largest absolute Gasteiger partial charge is 0.493 e. The average Bonchev–Trinajstić information content (AvgIpc) is 2.51. The van der Waals surface area contributed by atoms with Crippen molar-refractivity contribution >= 4 is 11.6 Å². The van der Waals surface area contributed by atoms with Gasteiger partial charge in [-0.1, -0.05) is 11.6 Å². The predicted octanol–water partition coefficient (Wildman–Crippen LogP) is 2.84. The molecule has 4 nitrogen and oxygen atoms in total. The third-order valence-electron chi connectivity index (χ3n) is 3.84. The lowest BCUT2D eigenvalue weighted by atomic mass is 9.98. The summed E-state index contributed by atoms with van der Waals surface area (Å²) >= 11 is 6.32. The van der Waals surface area contributed by atoms with Gasteiger partial charge in [-0.25, -0.2) is 0 Å². The highest BCUT2D eigenvalue weighted by Gasteiger charge is 2.14. The highest BCUT2D eigenvalue weighted by atomic mass is 35.5. The molecule has 1 aromatic carbocycles. The van der Waals surface area contributed by atoms with Crippen molar-refractivity contribution in [3.63, 3.8) is 0 Å². The second-order valence-electron chi connectivity index (χ2n) is 5.35. The summed E-state index contributed by atoms with van der Waals surface area (Å²) in [5, 5.41) is 7.61. The molecule has 2 N–H and O–H groups in total. The Balaban J connectivity index is 1.93. The van der Waals surface area contributed by atoms with Crippen molar-refractivity contribution in [1.82, 2.24) is 10.6 Å². The Kier molecular flexibility index (Phi) is 6.61. The Morgan fingerprint density at radius 2 is 2.05 bits per heavy atom. The molecule has 0 bridgehead atoms. The number of hydrogen-bond acceptors (Lipinski definition) is 4. The third kappa shape index (κ3) is 4.77. The topological polar surface area (TPSA) is 42.5 Å². The molecule has 1 saturated heterocycles. The van der Waals surface area contributed by atoms with Crippen LogP contribution in [0.1, 0.15) is 25.3 Å². The molecular formula is C16H25ClN2O2. The SMILES string of the molecule is CCOc1cc(CNCC2CCNCC2)c(Cl)cc1OC.